The third-order valence-electron chi connectivity index (χ3n) is 3.20. The Morgan fingerprint density at radius 1 is 1.25 bits per heavy atom. The van der Waals surface area contributed by atoms with Gasteiger partial charge in [-0.05, 0) is 48.9 Å². The standard InChI is InChI=1S/C18H19NO4S/c1-4-9-19-17(20)16(24-18(19)21)12-13-7-8-14(23-10-5-2)15(11-13)22-6-3/h2,7-8,11-12H,4,6,9-10H2,1,3H3. The molecule has 1 saturated heterocycles. The molecule has 1 aromatic rings. The minimum Gasteiger partial charge on any atom is -0.490 e. The summed E-state index contributed by atoms with van der Waals surface area (Å²) in [5.41, 5.74) is 0.758. The minimum absolute atomic E-state index is 0.148. The number of ether oxygens (including phenoxy) is 2. The van der Waals surface area contributed by atoms with Crippen molar-refractivity contribution in [3.63, 3.8) is 0 Å². The number of carbonyl (C=O) groups excluding carboxylic acids is 2. The maximum absolute atomic E-state index is 12.3. The Hall–Kier alpha value is -2.39. The number of terminal acetylenes is 1. The van der Waals surface area contributed by atoms with Gasteiger partial charge in [0.1, 0.15) is 6.61 Å². The fourth-order valence-corrected chi connectivity index (χ4v) is 3.05. The van der Waals surface area contributed by atoms with Crippen LogP contribution in [0.2, 0.25) is 0 Å². The van der Waals surface area contributed by atoms with E-state index in [1.807, 2.05) is 13.8 Å². The summed E-state index contributed by atoms with van der Waals surface area (Å²) in [6.07, 6.45) is 7.63. The highest BCUT2D eigenvalue weighted by Crippen LogP contribution is 2.34. The number of amides is 2. The fourth-order valence-electron chi connectivity index (χ4n) is 2.19. The summed E-state index contributed by atoms with van der Waals surface area (Å²) < 4.78 is 11.0. The van der Waals surface area contributed by atoms with Gasteiger partial charge >= 0.3 is 0 Å². The van der Waals surface area contributed by atoms with Gasteiger partial charge in [-0.25, -0.2) is 0 Å². The average molecular weight is 345 g/mol. The SMILES string of the molecule is C#CCOc1ccc(C=C2SC(=O)N(CCC)C2=O)cc1OCC. The molecule has 0 spiro atoms. The number of imide groups is 1. The van der Waals surface area contributed by atoms with Crippen molar-refractivity contribution >= 4 is 29.0 Å². The van der Waals surface area contributed by atoms with Crippen LogP contribution in [0.4, 0.5) is 4.79 Å². The molecule has 0 N–H and O–H groups in total. The van der Waals surface area contributed by atoms with Crippen LogP contribution in [-0.4, -0.2) is 35.8 Å². The van der Waals surface area contributed by atoms with Gasteiger partial charge in [-0.1, -0.05) is 18.9 Å². The first-order valence-corrected chi connectivity index (χ1v) is 8.50. The summed E-state index contributed by atoms with van der Waals surface area (Å²) in [7, 11) is 0. The topological polar surface area (TPSA) is 55.8 Å². The monoisotopic (exact) mass is 345 g/mol. The van der Waals surface area contributed by atoms with Crippen LogP contribution in [0.3, 0.4) is 0 Å². The van der Waals surface area contributed by atoms with E-state index in [2.05, 4.69) is 5.92 Å². The van der Waals surface area contributed by atoms with Crippen LogP contribution in [0.1, 0.15) is 25.8 Å². The highest BCUT2D eigenvalue weighted by molar-refractivity contribution is 8.18. The van der Waals surface area contributed by atoms with Crippen LogP contribution in [-0.2, 0) is 4.79 Å². The van der Waals surface area contributed by atoms with Crippen molar-refractivity contribution in [3.05, 3.63) is 28.7 Å². The van der Waals surface area contributed by atoms with Gasteiger partial charge in [-0.3, -0.25) is 14.5 Å². The molecule has 2 rings (SSSR count). The number of carbonyl (C=O) groups is 2. The molecule has 0 aliphatic carbocycles. The summed E-state index contributed by atoms with van der Waals surface area (Å²) in [6, 6.07) is 5.30. The third-order valence-corrected chi connectivity index (χ3v) is 4.10. The van der Waals surface area contributed by atoms with Gasteiger partial charge < -0.3 is 9.47 Å². The van der Waals surface area contributed by atoms with Crippen LogP contribution < -0.4 is 9.47 Å². The number of nitrogens with zero attached hydrogens (tertiary/aromatic N) is 1. The second-order valence-electron chi connectivity index (χ2n) is 4.97. The molecule has 1 aromatic carbocycles. The molecule has 0 unspecified atom stereocenters. The number of rotatable bonds is 7. The van der Waals surface area contributed by atoms with Crippen LogP contribution in [0, 0.1) is 12.3 Å². The Morgan fingerprint density at radius 2 is 2.04 bits per heavy atom. The first kappa shape index (κ1) is 18.0. The van der Waals surface area contributed by atoms with Gasteiger partial charge in [0.25, 0.3) is 11.1 Å². The lowest BCUT2D eigenvalue weighted by Gasteiger charge is -2.11. The van der Waals surface area contributed by atoms with Crippen LogP contribution in [0.15, 0.2) is 23.1 Å². The summed E-state index contributed by atoms with van der Waals surface area (Å²) in [5.74, 6) is 3.25. The molecule has 6 heteroatoms. The summed E-state index contributed by atoms with van der Waals surface area (Å²) in [5, 5.41) is -0.230. The van der Waals surface area contributed by atoms with E-state index < -0.39 is 0 Å². The van der Waals surface area contributed by atoms with Crippen molar-refractivity contribution in [1.29, 1.82) is 0 Å². The quantitative estimate of drug-likeness (QED) is 0.559. The maximum atomic E-state index is 12.3. The second-order valence-corrected chi connectivity index (χ2v) is 5.96. The molecule has 1 aliphatic heterocycles. The maximum Gasteiger partial charge on any atom is 0.293 e. The van der Waals surface area contributed by atoms with E-state index >= 15 is 0 Å². The van der Waals surface area contributed by atoms with Crippen molar-refractivity contribution in [2.75, 3.05) is 19.8 Å². The molecule has 0 saturated carbocycles. The van der Waals surface area contributed by atoms with E-state index in [-0.39, 0.29) is 17.8 Å². The molecule has 2 amide bonds. The molecule has 1 aliphatic rings. The molecule has 0 aromatic heterocycles. The van der Waals surface area contributed by atoms with E-state index in [0.717, 1.165) is 23.7 Å². The van der Waals surface area contributed by atoms with Crippen molar-refractivity contribution in [1.82, 2.24) is 4.90 Å². The lowest BCUT2D eigenvalue weighted by molar-refractivity contribution is -0.122. The van der Waals surface area contributed by atoms with E-state index in [0.29, 0.717) is 29.6 Å². The molecule has 0 atom stereocenters. The van der Waals surface area contributed by atoms with Gasteiger partial charge in [0, 0.05) is 6.54 Å². The Labute approximate surface area is 146 Å². The smallest absolute Gasteiger partial charge is 0.293 e. The Morgan fingerprint density at radius 3 is 2.71 bits per heavy atom. The molecule has 1 fully saturated rings. The third kappa shape index (κ3) is 4.12. The van der Waals surface area contributed by atoms with E-state index in [1.165, 1.54) is 4.90 Å². The summed E-state index contributed by atoms with van der Waals surface area (Å²) in [4.78, 5) is 25.8. The second kappa shape index (κ2) is 8.46. The molecule has 0 bridgehead atoms. The zero-order valence-electron chi connectivity index (χ0n) is 13.7. The normalized spacial score (nSPS) is 15.7. The number of thioether (sulfide) groups is 1. The Kier molecular flexibility index (Phi) is 6.33. The Balaban J connectivity index is 2.26. The molecule has 1 heterocycles. The van der Waals surface area contributed by atoms with Crippen molar-refractivity contribution in [2.45, 2.75) is 20.3 Å². The lowest BCUT2D eigenvalue weighted by atomic mass is 10.2. The molecule has 126 valence electrons. The Bertz CT molecular complexity index is 705. The zero-order valence-corrected chi connectivity index (χ0v) is 14.5. The van der Waals surface area contributed by atoms with Crippen molar-refractivity contribution in [3.8, 4) is 23.8 Å². The van der Waals surface area contributed by atoms with Crippen LogP contribution in [0.5, 0.6) is 11.5 Å². The predicted molar refractivity (Wildman–Crippen MR) is 94.9 cm³/mol. The number of hydrogen-bond acceptors (Lipinski definition) is 5. The summed E-state index contributed by atoms with van der Waals surface area (Å²) in [6.45, 7) is 4.85. The molecule has 5 nitrogen and oxygen atoms in total. The van der Waals surface area contributed by atoms with Crippen LogP contribution in [0.25, 0.3) is 6.08 Å². The number of hydrogen-bond donors (Lipinski definition) is 0. The van der Waals surface area contributed by atoms with Gasteiger partial charge in [0.05, 0.1) is 11.5 Å². The highest BCUT2D eigenvalue weighted by Gasteiger charge is 2.34. The molecular weight excluding hydrogens is 326 g/mol. The number of benzene rings is 1. The predicted octanol–water partition coefficient (Wildman–Crippen LogP) is 3.54. The van der Waals surface area contributed by atoms with Gasteiger partial charge in [-0.2, -0.15) is 0 Å². The average Bonchev–Trinajstić information content (AvgIpc) is 2.82. The first-order valence-electron chi connectivity index (χ1n) is 7.69. The fraction of sp³-hybridized carbons (Fsp3) is 0.333. The first-order chi connectivity index (χ1) is 11.6. The van der Waals surface area contributed by atoms with E-state index in [9.17, 15) is 9.59 Å². The van der Waals surface area contributed by atoms with Gasteiger partial charge in [0.2, 0.25) is 0 Å². The van der Waals surface area contributed by atoms with Crippen molar-refractivity contribution in [2.24, 2.45) is 0 Å². The molecular formula is C18H19NO4S. The molecule has 0 radical (unpaired) electrons. The van der Waals surface area contributed by atoms with Gasteiger partial charge in [-0.15, -0.1) is 6.42 Å². The zero-order chi connectivity index (χ0) is 17.5. The largest absolute Gasteiger partial charge is 0.490 e. The van der Waals surface area contributed by atoms with E-state index in [1.54, 1.807) is 24.3 Å². The highest BCUT2D eigenvalue weighted by atomic mass is 32.2. The minimum atomic E-state index is -0.252. The molecule has 24 heavy (non-hydrogen) atoms. The van der Waals surface area contributed by atoms with E-state index in [4.69, 9.17) is 15.9 Å². The van der Waals surface area contributed by atoms with Crippen molar-refractivity contribution < 1.29 is 19.1 Å². The van der Waals surface area contributed by atoms with Gasteiger partial charge in [0.15, 0.2) is 11.5 Å². The van der Waals surface area contributed by atoms with Crippen LogP contribution >= 0.6 is 11.8 Å². The lowest BCUT2D eigenvalue weighted by Crippen LogP contribution is -2.28. The summed E-state index contributed by atoms with van der Waals surface area (Å²) >= 11 is 0.954.